The lowest BCUT2D eigenvalue weighted by Gasteiger charge is -2.44. The van der Waals surface area contributed by atoms with E-state index in [4.69, 9.17) is 5.73 Å². The van der Waals surface area contributed by atoms with Crippen molar-refractivity contribution in [1.29, 1.82) is 0 Å². The minimum absolute atomic E-state index is 0.333. The molecule has 0 radical (unpaired) electrons. The van der Waals surface area contributed by atoms with Crippen LogP contribution < -0.4 is 5.73 Å². The average molecular weight is 280 g/mol. The Balaban J connectivity index is 2.06. The van der Waals surface area contributed by atoms with Crippen LogP contribution >= 0.6 is 0 Å². The van der Waals surface area contributed by atoms with Gasteiger partial charge in [0.15, 0.2) is 0 Å². The normalized spacial score (nSPS) is 31.8. The molecule has 0 aromatic carbocycles. The van der Waals surface area contributed by atoms with Gasteiger partial charge in [-0.05, 0) is 56.9 Å². The molecule has 0 saturated heterocycles. The third-order valence-corrected chi connectivity index (χ3v) is 5.87. The number of unbranched alkanes of at least 4 members (excludes halogenated alkanes) is 1. The second kappa shape index (κ2) is 7.26. The average Bonchev–Trinajstić information content (AvgIpc) is 3.25. The van der Waals surface area contributed by atoms with Crippen molar-refractivity contribution in [3.05, 3.63) is 0 Å². The van der Waals surface area contributed by atoms with Gasteiger partial charge >= 0.3 is 0 Å². The van der Waals surface area contributed by atoms with Gasteiger partial charge in [0.05, 0.1) is 0 Å². The van der Waals surface area contributed by atoms with E-state index in [1.54, 1.807) is 0 Å². The van der Waals surface area contributed by atoms with Gasteiger partial charge < -0.3 is 5.73 Å². The second-order valence-corrected chi connectivity index (χ2v) is 7.64. The van der Waals surface area contributed by atoms with Crippen LogP contribution in [0.15, 0.2) is 0 Å². The fourth-order valence-corrected chi connectivity index (χ4v) is 4.21. The van der Waals surface area contributed by atoms with E-state index in [1.165, 1.54) is 64.3 Å². The molecule has 2 aliphatic carbocycles. The van der Waals surface area contributed by atoms with Crippen LogP contribution in [0.3, 0.4) is 0 Å². The first kappa shape index (κ1) is 16.3. The molecule has 2 heteroatoms. The van der Waals surface area contributed by atoms with Crippen molar-refractivity contribution in [2.45, 2.75) is 90.1 Å². The Bertz CT molecular complexity index is 285. The molecule has 2 aliphatic rings. The second-order valence-electron chi connectivity index (χ2n) is 7.64. The highest BCUT2D eigenvalue weighted by molar-refractivity contribution is 5.00. The van der Waals surface area contributed by atoms with Gasteiger partial charge in [0, 0.05) is 18.1 Å². The molecule has 0 aromatic rings. The predicted molar refractivity (Wildman–Crippen MR) is 87.8 cm³/mol. The monoisotopic (exact) mass is 280 g/mol. The molecule has 0 bridgehead atoms. The molecule has 0 aliphatic heterocycles. The van der Waals surface area contributed by atoms with Crippen molar-refractivity contribution in [2.75, 3.05) is 13.1 Å². The van der Waals surface area contributed by atoms with E-state index < -0.39 is 0 Å². The van der Waals surface area contributed by atoms with E-state index in [0.717, 1.165) is 24.4 Å². The van der Waals surface area contributed by atoms with Crippen LogP contribution in [0, 0.1) is 11.8 Å². The summed E-state index contributed by atoms with van der Waals surface area (Å²) in [5.74, 6) is 1.77. The predicted octanol–water partition coefficient (Wildman–Crippen LogP) is 4.18. The Morgan fingerprint density at radius 3 is 2.45 bits per heavy atom. The van der Waals surface area contributed by atoms with Crippen molar-refractivity contribution < 1.29 is 0 Å². The highest BCUT2D eigenvalue weighted by Crippen LogP contribution is 2.42. The van der Waals surface area contributed by atoms with Crippen LogP contribution in [0.2, 0.25) is 0 Å². The standard InChI is InChI=1S/C18H36N2/c1-4-5-13-20(17-8-9-17)18(14-19)11-6-7-16(10-12-18)15(2)3/h15-17H,4-14,19H2,1-3H3. The minimum Gasteiger partial charge on any atom is -0.329 e. The summed E-state index contributed by atoms with van der Waals surface area (Å²) in [6.45, 7) is 9.26. The third-order valence-electron chi connectivity index (χ3n) is 5.87. The van der Waals surface area contributed by atoms with E-state index in [0.29, 0.717) is 5.54 Å². The van der Waals surface area contributed by atoms with Crippen molar-refractivity contribution in [3.63, 3.8) is 0 Å². The molecule has 0 aromatic heterocycles. The van der Waals surface area contributed by atoms with Gasteiger partial charge in [0.25, 0.3) is 0 Å². The molecule has 2 N–H and O–H groups in total. The SMILES string of the molecule is CCCCN(C1CC1)C1(CN)CCCC(C(C)C)CC1. The van der Waals surface area contributed by atoms with Crippen molar-refractivity contribution in [1.82, 2.24) is 4.90 Å². The van der Waals surface area contributed by atoms with Gasteiger partial charge in [-0.25, -0.2) is 0 Å². The smallest absolute Gasteiger partial charge is 0.0334 e. The summed E-state index contributed by atoms with van der Waals surface area (Å²) in [5, 5.41) is 0. The summed E-state index contributed by atoms with van der Waals surface area (Å²) in [7, 11) is 0. The van der Waals surface area contributed by atoms with Gasteiger partial charge in [0.1, 0.15) is 0 Å². The summed E-state index contributed by atoms with van der Waals surface area (Å²) in [5.41, 5.74) is 6.66. The van der Waals surface area contributed by atoms with Crippen molar-refractivity contribution in [2.24, 2.45) is 17.6 Å². The van der Waals surface area contributed by atoms with E-state index in [9.17, 15) is 0 Å². The van der Waals surface area contributed by atoms with Gasteiger partial charge in [-0.3, -0.25) is 4.90 Å². The number of hydrogen-bond donors (Lipinski definition) is 1. The summed E-state index contributed by atoms with van der Waals surface area (Å²) >= 11 is 0. The van der Waals surface area contributed by atoms with Gasteiger partial charge in [-0.2, -0.15) is 0 Å². The Kier molecular flexibility index (Phi) is 5.92. The lowest BCUT2D eigenvalue weighted by molar-refractivity contribution is 0.0660. The molecule has 0 spiro atoms. The highest BCUT2D eigenvalue weighted by atomic mass is 15.3. The number of hydrogen-bond acceptors (Lipinski definition) is 2. The summed E-state index contributed by atoms with van der Waals surface area (Å²) < 4.78 is 0. The minimum atomic E-state index is 0.333. The molecule has 0 heterocycles. The molecule has 0 amide bonds. The maximum Gasteiger partial charge on any atom is 0.0334 e. The fraction of sp³-hybridized carbons (Fsp3) is 1.00. The van der Waals surface area contributed by atoms with Crippen LogP contribution in [0.4, 0.5) is 0 Å². The highest BCUT2D eigenvalue weighted by Gasteiger charge is 2.43. The largest absolute Gasteiger partial charge is 0.329 e. The first-order chi connectivity index (χ1) is 9.63. The zero-order chi connectivity index (χ0) is 14.6. The fourth-order valence-electron chi connectivity index (χ4n) is 4.21. The zero-order valence-corrected chi connectivity index (χ0v) is 14.0. The first-order valence-corrected chi connectivity index (χ1v) is 9.10. The number of nitrogens with two attached hydrogens (primary N) is 1. The maximum atomic E-state index is 6.33. The summed E-state index contributed by atoms with van der Waals surface area (Å²) in [6.07, 6.45) is 12.4. The lowest BCUT2D eigenvalue weighted by Crippen LogP contribution is -2.55. The van der Waals surface area contributed by atoms with Crippen LogP contribution in [0.25, 0.3) is 0 Å². The van der Waals surface area contributed by atoms with Crippen molar-refractivity contribution >= 4 is 0 Å². The van der Waals surface area contributed by atoms with Gasteiger partial charge in [-0.15, -0.1) is 0 Å². The first-order valence-electron chi connectivity index (χ1n) is 9.10. The Morgan fingerprint density at radius 2 is 1.90 bits per heavy atom. The van der Waals surface area contributed by atoms with Gasteiger partial charge in [0.2, 0.25) is 0 Å². The molecule has 20 heavy (non-hydrogen) atoms. The summed E-state index contributed by atoms with van der Waals surface area (Å²) in [6, 6.07) is 0.862. The third kappa shape index (κ3) is 3.76. The molecular weight excluding hydrogens is 244 g/mol. The zero-order valence-electron chi connectivity index (χ0n) is 14.0. The molecule has 2 saturated carbocycles. The van der Waals surface area contributed by atoms with Crippen LogP contribution in [-0.4, -0.2) is 29.6 Å². The lowest BCUT2D eigenvalue weighted by atomic mass is 9.85. The van der Waals surface area contributed by atoms with Crippen molar-refractivity contribution in [3.8, 4) is 0 Å². The Morgan fingerprint density at radius 1 is 1.15 bits per heavy atom. The summed E-state index contributed by atoms with van der Waals surface area (Å²) in [4.78, 5) is 2.85. The molecular formula is C18H36N2. The van der Waals surface area contributed by atoms with E-state index in [-0.39, 0.29) is 0 Å². The molecule has 2 fully saturated rings. The quantitative estimate of drug-likeness (QED) is 0.709. The van der Waals surface area contributed by atoms with Crippen LogP contribution in [0.5, 0.6) is 0 Å². The number of nitrogens with zero attached hydrogens (tertiary/aromatic N) is 1. The van der Waals surface area contributed by atoms with Crippen LogP contribution in [-0.2, 0) is 0 Å². The van der Waals surface area contributed by atoms with Crippen LogP contribution in [0.1, 0.15) is 78.6 Å². The van der Waals surface area contributed by atoms with E-state index in [2.05, 4.69) is 25.7 Å². The van der Waals surface area contributed by atoms with Gasteiger partial charge in [-0.1, -0.05) is 40.0 Å². The van der Waals surface area contributed by atoms with E-state index in [1.807, 2.05) is 0 Å². The molecule has 2 rings (SSSR count). The Labute approximate surface area is 126 Å². The van der Waals surface area contributed by atoms with E-state index >= 15 is 0 Å². The topological polar surface area (TPSA) is 29.3 Å². The molecule has 2 unspecified atom stereocenters. The Hall–Kier alpha value is -0.0800. The maximum absolute atomic E-state index is 6.33. The number of rotatable bonds is 7. The molecule has 2 atom stereocenters. The molecule has 118 valence electrons. The molecule has 2 nitrogen and oxygen atoms in total.